The van der Waals surface area contributed by atoms with E-state index in [1.165, 1.54) is 7.11 Å². The molecular formula is C11H20N2O4. The van der Waals surface area contributed by atoms with E-state index in [0.29, 0.717) is 19.8 Å². The first-order valence-corrected chi connectivity index (χ1v) is 5.73. The van der Waals surface area contributed by atoms with Crippen molar-refractivity contribution in [1.82, 2.24) is 10.2 Å². The molecule has 0 bridgehead atoms. The molecule has 1 aliphatic heterocycles. The first-order chi connectivity index (χ1) is 8.04. The Hall–Kier alpha value is -1.14. The highest BCUT2D eigenvalue weighted by Crippen LogP contribution is 2.07. The molecular weight excluding hydrogens is 224 g/mol. The summed E-state index contributed by atoms with van der Waals surface area (Å²) in [7, 11) is 1.34. The van der Waals surface area contributed by atoms with E-state index in [2.05, 4.69) is 10.1 Å². The Kier molecular flexibility index (Phi) is 5.37. The highest BCUT2D eigenvalue weighted by atomic mass is 16.5. The minimum absolute atomic E-state index is 0.0735. The molecule has 0 aromatic rings. The minimum atomic E-state index is -0.412. The van der Waals surface area contributed by atoms with Crippen molar-refractivity contribution in [3.63, 3.8) is 0 Å². The van der Waals surface area contributed by atoms with Crippen LogP contribution in [-0.4, -0.2) is 62.3 Å². The number of carbonyl (C=O) groups excluding carboxylic acids is 2. The maximum atomic E-state index is 11.9. The van der Waals surface area contributed by atoms with E-state index in [1.54, 1.807) is 4.90 Å². The van der Waals surface area contributed by atoms with Crippen LogP contribution in [0.4, 0.5) is 0 Å². The summed E-state index contributed by atoms with van der Waals surface area (Å²) < 4.78 is 9.88. The standard InChI is InChI=1S/C11H20N2O4/c1-8(2)12-11(15)9-7-17-5-4-13(9)6-10(14)16-3/h8-9H,4-7H2,1-3H3,(H,12,15). The third-order valence-corrected chi connectivity index (χ3v) is 2.53. The van der Waals surface area contributed by atoms with Crippen molar-refractivity contribution in [1.29, 1.82) is 0 Å². The fourth-order valence-corrected chi connectivity index (χ4v) is 1.68. The fraction of sp³-hybridized carbons (Fsp3) is 0.818. The summed E-state index contributed by atoms with van der Waals surface area (Å²) >= 11 is 0. The zero-order chi connectivity index (χ0) is 12.8. The van der Waals surface area contributed by atoms with Gasteiger partial charge in [0.25, 0.3) is 0 Å². The molecule has 1 heterocycles. The molecule has 1 fully saturated rings. The number of rotatable bonds is 4. The number of methoxy groups -OCH3 is 1. The van der Waals surface area contributed by atoms with Gasteiger partial charge in [-0.2, -0.15) is 0 Å². The molecule has 1 unspecified atom stereocenters. The summed E-state index contributed by atoms with van der Waals surface area (Å²) in [5.41, 5.74) is 0. The van der Waals surface area contributed by atoms with Crippen LogP contribution in [0.25, 0.3) is 0 Å². The molecule has 1 saturated heterocycles. The second kappa shape index (κ2) is 6.56. The minimum Gasteiger partial charge on any atom is -0.468 e. The van der Waals surface area contributed by atoms with E-state index < -0.39 is 6.04 Å². The predicted octanol–water partition coefficient (Wildman–Crippen LogP) is -0.615. The van der Waals surface area contributed by atoms with Gasteiger partial charge in [-0.15, -0.1) is 0 Å². The molecule has 0 radical (unpaired) electrons. The lowest BCUT2D eigenvalue weighted by molar-refractivity contribution is -0.146. The van der Waals surface area contributed by atoms with Gasteiger partial charge in [-0.3, -0.25) is 14.5 Å². The van der Waals surface area contributed by atoms with E-state index in [-0.39, 0.29) is 24.5 Å². The van der Waals surface area contributed by atoms with Crippen molar-refractivity contribution in [3.8, 4) is 0 Å². The normalized spacial score (nSPS) is 21.3. The van der Waals surface area contributed by atoms with E-state index in [4.69, 9.17) is 4.74 Å². The molecule has 98 valence electrons. The van der Waals surface area contributed by atoms with Crippen LogP contribution in [0.2, 0.25) is 0 Å². The third kappa shape index (κ3) is 4.32. The molecule has 0 aromatic carbocycles. The first-order valence-electron chi connectivity index (χ1n) is 5.73. The van der Waals surface area contributed by atoms with Crippen LogP contribution in [-0.2, 0) is 19.1 Å². The van der Waals surface area contributed by atoms with Crippen LogP contribution in [0.3, 0.4) is 0 Å². The summed E-state index contributed by atoms with van der Waals surface area (Å²) in [6.07, 6.45) is 0. The highest BCUT2D eigenvalue weighted by molar-refractivity contribution is 5.83. The number of amides is 1. The zero-order valence-electron chi connectivity index (χ0n) is 10.6. The number of nitrogens with one attached hydrogen (secondary N) is 1. The summed E-state index contributed by atoms with van der Waals surface area (Å²) in [6.45, 7) is 5.32. The fourth-order valence-electron chi connectivity index (χ4n) is 1.68. The van der Waals surface area contributed by atoms with Crippen molar-refractivity contribution in [2.45, 2.75) is 25.9 Å². The number of hydrogen-bond acceptors (Lipinski definition) is 5. The van der Waals surface area contributed by atoms with Crippen LogP contribution in [0.15, 0.2) is 0 Å². The van der Waals surface area contributed by atoms with Crippen molar-refractivity contribution >= 4 is 11.9 Å². The third-order valence-electron chi connectivity index (χ3n) is 2.53. The van der Waals surface area contributed by atoms with Crippen molar-refractivity contribution < 1.29 is 19.1 Å². The van der Waals surface area contributed by atoms with Gasteiger partial charge in [0.1, 0.15) is 6.04 Å². The molecule has 0 aromatic heterocycles. The van der Waals surface area contributed by atoms with Gasteiger partial charge in [0.05, 0.1) is 26.9 Å². The van der Waals surface area contributed by atoms with E-state index >= 15 is 0 Å². The lowest BCUT2D eigenvalue weighted by Gasteiger charge is -2.33. The lowest BCUT2D eigenvalue weighted by atomic mass is 10.2. The topological polar surface area (TPSA) is 67.9 Å². The number of nitrogens with zero attached hydrogens (tertiary/aromatic N) is 1. The number of morpholine rings is 1. The van der Waals surface area contributed by atoms with Gasteiger partial charge in [0, 0.05) is 12.6 Å². The van der Waals surface area contributed by atoms with Crippen LogP contribution in [0.5, 0.6) is 0 Å². The van der Waals surface area contributed by atoms with Crippen LogP contribution < -0.4 is 5.32 Å². The maximum absolute atomic E-state index is 11.9. The Morgan fingerprint density at radius 2 is 2.24 bits per heavy atom. The molecule has 6 nitrogen and oxygen atoms in total. The van der Waals surface area contributed by atoms with Crippen molar-refractivity contribution in [3.05, 3.63) is 0 Å². The van der Waals surface area contributed by atoms with Crippen molar-refractivity contribution in [2.24, 2.45) is 0 Å². The quantitative estimate of drug-likeness (QED) is 0.668. The summed E-state index contributed by atoms with van der Waals surface area (Å²) in [5, 5.41) is 2.82. The monoisotopic (exact) mass is 244 g/mol. The Morgan fingerprint density at radius 1 is 1.53 bits per heavy atom. The molecule has 1 N–H and O–H groups in total. The average molecular weight is 244 g/mol. The SMILES string of the molecule is COC(=O)CN1CCOCC1C(=O)NC(C)C. The summed E-state index contributed by atoms with van der Waals surface area (Å²) in [4.78, 5) is 24.9. The predicted molar refractivity (Wildman–Crippen MR) is 61.5 cm³/mol. The molecule has 0 spiro atoms. The molecule has 17 heavy (non-hydrogen) atoms. The average Bonchev–Trinajstić information content (AvgIpc) is 2.28. The zero-order valence-corrected chi connectivity index (χ0v) is 10.6. The molecule has 6 heteroatoms. The van der Waals surface area contributed by atoms with E-state index in [0.717, 1.165) is 0 Å². The second-order valence-electron chi connectivity index (χ2n) is 4.30. The molecule has 1 rings (SSSR count). The summed E-state index contributed by atoms with van der Waals surface area (Å²) in [5.74, 6) is -0.446. The number of ether oxygens (including phenoxy) is 2. The van der Waals surface area contributed by atoms with Crippen molar-refractivity contribution in [2.75, 3.05) is 33.4 Å². The maximum Gasteiger partial charge on any atom is 0.319 e. The van der Waals surface area contributed by atoms with Gasteiger partial charge in [-0.05, 0) is 13.8 Å². The first kappa shape index (κ1) is 13.9. The smallest absolute Gasteiger partial charge is 0.319 e. The van der Waals surface area contributed by atoms with Gasteiger partial charge >= 0.3 is 5.97 Å². The Labute approximate surface area is 101 Å². The molecule has 1 aliphatic rings. The van der Waals surface area contributed by atoms with Gasteiger partial charge < -0.3 is 14.8 Å². The van der Waals surface area contributed by atoms with Crippen LogP contribution in [0, 0.1) is 0 Å². The number of hydrogen-bond donors (Lipinski definition) is 1. The van der Waals surface area contributed by atoms with Gasteiger partial charge in [0.2, 0.25) is 5.91 Å². The molecule has 0 saturated carbocycles. The number of esters is 1. The van der Waals surface area contributed by atoms with Crippen LogP contribution in [0.1, 0.15) is 13.8 Å². The number of carbonyl (C=O) groups is 2. The highest BCUT2D eigenvalue weighted by Gasteiger charge is 2.31. The van der Waals surface area contributed by atoms with Gasteiger partial charge in [0.15, 0.2) is 0 Å². The Morgan fingerprint density at radius 3 is 2.82 bits per heavy atom. The Balaban J connectivity index is 2.58. The summed E-state index contributed by atoms with van der Waals surface area (Å²) in [6, 6.07) is -0.338. The van der Waals surface area contributed by atoms with Crippen LogP contribution >= 0.6 is 0 Å². The Bertz CT molecular complexity index is 281. The van der Waals surface area contributed by atoms with E-state index in [1.807, 2.05) is 13.8 Å². The van der Waals surface area contributed by atoms with Gasteiger partial charge in [-0.25, -0.2) is 0 Å². The largest absolute Gasteiger partial charge is 0.468 e. The van der Waals surface area contributed by atoms with E-state index in [9.17, 15) is 9.59 Å². The molecule has 1 amide bonds. The molecule has 1 atom stereocenters. The molecule has 0 aliphatic carbocycles. The lowest BCUT2D eigenvalue weighted by Crippen LogP contribution is -2.56. The second-order valence-corrected chi connectivity index (χ2v) is 4.30. The van der Waals surface area contributed by atoms with Gasteiger partial charge in [-0.1, -0.05) is 0 Å².